The highest BCUT2D eigenvalue weighted by Crippen LogP contribution is 2.26. The Balaban J connectivity index is 2.16. The van der Waals surface area contributed by atoms with Crippen molar-refractivity contribution in [3.63, 3.8) is 0 Å². The summed E-state index contributed by atoms with van der Waals surface area (Å²) < 4.78 is 0. The van der Waals surface area contributed by atoms with E-state index in [1.807, 2.05) is 4.90 Å². The van der Waals surface area contributed by atoms with Crippen LogP contribution in [-0.4, -0.2) is 34.8 Å². The van der Waals surface area contributed by atoms with Crippen molar-refractivity contribution in [2.75, 3.05) is 11.9 Å². The average Bonchev–Trinajstić information content (AvgIpc) is 2.46. The third kappa shape index (κ3) is 4.24. The van der Waals surface area contributed by atoms with Crippen molar-refractivity contribution < 1.29 is 9.59 Å². The molecule has 1 aromatic carbocycles. The molecular formula is C17H24ClN3O2. The van der Waals surface area contributed by atoms with E-state index >= 15 is 0 Å². The number of piperidine rings is 1. The minimum absolute atomic E-state index is 0.0563. The zero-order chi connectivity index (χ0) is 17.2. The van der Waals surface area contributed by atoms with E-state index in [1.165, 1.54) is 0 Å². The number of nitrogens with one attached hydrogen (secondary N) is 1. The predicted octanol–water partition coefficient (Wildman–Crippen LogP) is 3.03. The number of hydrogen-bond donors (Lipinski definition) is 2. The number of nitrogens with two attached hydrogens (primary N) is 1. The van der Waals surface area contributed by atoms with Crippen molar-refractivity contribution in [1.82, 2.24) is 4.90 Å². The number of rotatable bonds is 3. The minimum Gasteiger partial charge on any atom is -0.336 e. The van der Waals surface area contributed by atoms with Crippen molar-refractivity contribution in [1.29, 1.82) is 0 Å². The maximum Gasteiger partial charge on any atom is 0.255 e. The molecule has 1 aliphatic heterocycles. The molecule has 1 aliphatic rings. The molecule has 0 saturated carbocycles. The summed E-state index contributed by atoms with van der Waals surface area (Å²) in [4.78, 5) is 26.4. The molecule has 3 N–H and O–H groups in total. The molecule has 1 atom stereocenters. The van der Waals surface area contributed by atoms with Crippen LogP contribution in [0.5, 0.6) is 0 Å². The molecule has 0 aliphatic carbocycles. The number of carbonyl (C=O) groups excluding carboxylic acids is 2. The van der Waals surface area contributed by atoms with Gasteiger partial charge in [0.1, 0.15) is 0 Å². The number of amides is 2. The Morgan fingerprint density at radius 3 is 2.61 bits per heavy atom. The molecule has 5 nitrogen and oxygen atoms in total. The molecule has 1 fully saturated rings. The summed E-state index contributed by atoms with van der Waals surface area (Å²) in [6.45, 7) is 6.07. The Labute approximate surface area is 142 Å². The molecule has 1 saturated heterocycles. The van der Waals surface area contributed by atoms with E-state index in [0.29, 0.717) is 16.3 Å². The Kier molecular flexibility index (Phi) is 5.32. The second-order valence-electron chi connectivity index (χ2n) is 6.71. The standard InChI is InChI=1S/C17H24ClN3O2/c1-11-6-4-5-9-21(11)15(22)13-8-7-12(10-14(13)18)20-16(23)17(2,3)19/h7-8,10-11H,4-6,9,19H2,1-3H3,(H,20,23). The lowest BCUT2D eigenvalue weighted by atomic mass is 10.0. The number of carbonyl (C=O) groups is 2. The van der Waals surface area contributed by atoms with Gasteiger partial charge in [-0.25, -0.2) is 0 Å². The number of nitrogens with zero attached hydrogens (tertiary/aromatic N) is 1. The first-order chi connectivity index (χ1) is 10.7. The summed E-state index contributed by atoms with van der Waals surface area (Å²) in [7, 11) is 0. The number of hydrogen-bond acceptors (Lipinski definition) is 3. The first-order valence-corrected chi connectivity index (χ1v) is 8.29. The van der Waals surface area contributed by atoms with E-state index in [0.717, 1.165) is 25.8 Å². The van der Waals surface area contributed by atoms with Crippen LogP contribution in [0.25, 0.3) is 0 Å². The molecule has 6 heteroatoms. The topological polar surface area (TPSA) is 75.4 Å². The SMILES string of the molecule is CC1CCCCN1C(=O)c1ccc(NC(=O)C(C)(C)N)cc1Cl. The van der Waals surface area contributed by atoms with Crippen molar-refractivity contribution in [2.45, 2.75) is 51.6 Å². The molecule has 0 aromatic heterocycles. The fraction of sp³-hybridized carbons (Fsp3) is 0.529. The minimum atomic E-state index is -0.982. The van der Waals surface area contributed by atoms with E-state index in [2.05, 4.69) is 12.2 Å². The van der Waals surface area contributed by atoms with Gasteiger partial charge in [0.2, 0.25) is 5.91 Å². The van der Waals surface area contributed by atoms with Gasteiger partial charge in [0.15, 0.2) is 0 Å². The third-order valence-electron chi connectivity index (χ3n) is 4.11. The van der Waals surface area contributed by atoms with Crippen molar-refractivity contribution in [3.8, 4) is 0 Å². The highest BCUT2D eigenvalue weighted by atomic mass is 35.5. The van der Waals surface area contributed by atoms with Gasteiger partial charge in [-0.1, -0.05) is 11.6 Å². The molecule has 2 amide bonds. The Hall–Kier alpha value is -1.59. The van der Waals surface area contributed by atoms with Gasteiger partial charge in [-0.3, -0.25) is 9.59 Å². The number of benzene rings is 1. The molecule has 23 heavy (non-hydrogen) atoms. The van der Waals surface area contributed by atoms with Gasteiger partial charge in [0.25, 0.3) is 5.91 Å². The summed E-state index contributed by atoms with van der Waals surface area (Å²) in [6.07, 6.45) is 3.19. The van der Waals surface area contributed by atoms with Gasteiger partial charge in [0.05, 0.1) is 16.1 Å². The van der Waals surface area contributed by atoms with Crippen LogP contribution in [0.3, 0.4) is 0 Å². The van der Waals surface area contributed by atoms with Gasteiger partial charge in [-0.05, 0) is 58.2 Å². The third-order valence-corrected chi connectivity index (χ3v) is 4.42. The summed E-state index contributed by atoms with van der Waals surface area (Å²) in [6, 6.07) is 5.15. The van der Waals surface area contributed by atoms with Gasteiger partial charge in [0, 0.05) is 18.3 Å². The molecular weight excluding hydrogens is 314 g/mol. The molecule has 126 valence electrons. The van der Waals surface area contributed by atoms with Gasteiger partial charge in [-0.2, -0.15) is 0 Å². The average molecular weight is 338 g/mol. The highest BCUT2D eigenvalue weighted by Gasteiger charge is 2.26. The zero-order valence-electron chi connectivity index (χ0n) is 13.9. The van der Waals surface area contributed by atoms with Crippen LogP contribution in [0.1, 0.15) is 50.4 Å². The maximum atomic E-state index is 12.7. The molecule has 0 spiro atoms. The Bertz CT molecular complexity index is 610. The van der Waals surface area contributed by atoms with E-state index in [4.69, 9.17) is 17.3 Å². The van der Waals surface area contributed by atoms with Crippen LogP contribution in [0, 0.1) is 0 Å². The number of halogens is 1. The lowest BCUT2D eigenvalue weighted by molar-refractivity contribution is -0.120. The molecule has 0 bridgehead atoms. The van der Waals surface area contributed by atoms with Crippen LogP contribution in [0.2, 0.25) is 5.02 Å². The summed E-state index contributed by atoms with van der Waals surface area (Å²) in [5.74, 6) is -0.364. The molecule has 1 heterocycles. The maximum absolute atomic E-state index is 12.7. The van der Waals surface area contributed by atoms with Crippen LogP contribution in [0.4, 0.5) is 5.69 Å². The molecule has 1 unspecified atom stereocenters. The highest BCUT2D eigenvalue weighted by molar-refractivity contribution is 6.34. The number of likely N-dealkylation sites (tertiary alicyclic amines) is 1. The van der Waals surface area contributed by atoms with Crippen LogP contribution in [-0.2, 0) is 4.79 Å². The van der Waals surface area contributed by atoms with Crippen molar-refractivity contribution in [2.24, 2.45) is 5.73 Å². The normalized spacial score (nSPS) is 18.7. The largest absolute Gasteiger partial charge is 0.336 e. The molecule has 2 rings (SSSR count). The monoisotopic (exact) mass is 337 g/mol. The van der Waals surface area contributed by atoms with Gasteiger partial charge < -0.3 is 16.0 Å². The lowest BCUT2D eigenvalue weighted by Gasteiger charge is -2.33. The summed E-state index contributed by atoms with van der Waals surface area (Å²) in [5.41, 5.74) is 5.76. The van der Waals surface area contributed by atoms with E-state index in [1.54, 1.807) is 32.0 Å². The Morgan fingerprint density at radius 2 is 2.04 bits per heavy atom. The first-order valence-electron chi connectivity index (χ1n) is 7.91. The first kappa shape index (κ1) is 17.8. The molecule has 0 radical (unpaired) electrons. The second kappa shape index (κ2) is 6.89. The smallest absolute Gasteiger partial charge is 0.255 e. The second-order valence-corrected chi connectivity index (χ2v) is 7.12. The quantitative estimate of drug-likeness (QED) is 0.890. The van der Waals surface area contributed by atoms with Crippen LogP contribution < -0.4 is 11.1 Å². The fourth-order valence-electron chi connectivity index (χ4n) is 2.61. The fourth-order valence-corrected chi connectivity index (χ4v) is 2.87. The van der Waals surface area contributed by atoms with Gasteiger partial charge in [-0.15, -0.1) is 0 Å². The van der Waals surface area contributed by atoms with Crippen LogP contribution in [0.15, 0.2) is 18.2 Å². The van der Waals surface area contributed by atoms with Crippen molar-refractivity contribution >= 4 is 29.1 Å². The Morgan fingerprint density at radius 1 is 1.35 bits per heavy atom. The van der Waals surface area contributed by atoms with Gasteiger partial charge >= 0.3 is 0 Å². The van der Waals surface area contributed by atoms with E-state index in [-0.39, 0.29) is 17.9 Å². The lowest BCUT2D eigenvalue weighted by Crippen LogP contribution is -2.45. The summed E-state index contributed by atoms with van der Waals surface area (Å²) >= 11 is 6.26. The van der Waals surface area contributed by atoms with E-state index < -0.39 is 5.54 Å². The van der Waals surface area contributed by atoms with E-state index in [9.17, 15) is 9.59 Å². The molecule has 1 aromatic rings. The van der Waals surface area contributed by atoms with Crippen LogP contribution >= 0.6 is 11.6 Å². The predicted molar refractivity (Wildman–Crippen MR) is 92.7 cm³/mol. The zero-order valence-corrected chi connectivity index (χ0v) is 14.6. The summed E-state index contributed by atoms with van der Waals surface area (Å²) in [5, 5.41) is 3.04. The van der Waals surface area contributed by atoms with Crippen molar-refractivity contribution in [3.05, 3.63) is 28.8 Å². The number of anilines is 1.